The van der Waals surface area contributed by atoms with Crippen LogP contribution in [0.25, 0.3) is 0 Å². The summed E-state index contributed by atoms with van der Waals surface area (Å²) in [6, 6.07) is 7.45. The Morgan fingerprint density at radius 3 is 2.48 bits per heavy atom. The molecule has 0 aliphatic carbocycles. The van der Waals surface area contributed by atoms with E-state index in [-0.39, 0.29) is 11.3 Å². The van der Waals surface area contributed by atoms with Crippen molar-refractivity contribution in [1.29, 1.82) is 0 Å². The fourth-order valence-electron chi connectivity index (χ4n) is 3.30. The molecule has 0 radical (unpaired) electrons. The Balaban J connectivity index is 1.98. The van der Waals surface area contributed by atoms with Crippen LogP contribution in [0.4, 0.5) is 8.78 Å². The van der Waals surface area contributed by atoms with Gasteiger partial charge in [0.15, 0.2) is 0 Å². The van der Waals surface area contributed by atoms with Crippen LogP contribution in [0, 0.1) is 17.6 Å². The van der Waals surface area contributed by atoms with E-state index in [9.17, 15) is 8.78 Å². The maximum atomic E-state index is 13.8. The Bertz CT molecular complexity index is 879. The van der Waals surface area contributed by atoms with Crippen LogP contribution in [0.3, 0.4) is 0 Å². The molecule has 1 aliphatic heterocycles. The highest BCUT2D eigenvalue weighted by molar-refractivity contribution is 8.00. The Morgan fingerprint density at radius 1 is 1.24 bits per heavy atom. The average molecular weight is 418 g/mol. The predicted octanol–water partition coefficient (Wildman–Crippen LogP) is 4.09. The van der Waals surface area contributed by atoms with Gasteiger partial charge in [-0.05, 0) is 42.7 Å². The Labute approximate surface area is 174 Å². The van der Waals surface area contributed by atoms with Crippen LogP contribution in [0.1, 0.15) is 26.3 Å². The van der Waals surface area contributed by atoms with Gasteiger partial charge in [-0.25, -0.2) is 8.78 Å². The van der Waals surface area contributed by atoms with Crippen LogP contribution < -0.4 is 5.73 Å². The minimum Gasteiger partial charge on any atom is -0.388 e. The van der Waals surface area contributed by atoms with Crippen molar-refractivity contribution in [2.75, 3.05) is 6.54 Å². The molecule has 2 aromatic rings. The molecule has 154 valence electrons. The quantitative estimate of drug-likeness (QED) is 0.544. The van der Waals surface area contributed by atoms with Gasteiger partial charge in [0.25, 0.3) is 0 Å². The van der Waals surface area contributed by atoms with Crippen molar-refractivity contribution in [3.63, 3.8) is 0 Å². The third kappa shape index (κ3) is 4.93. The fourth-order valence-corrected chi connectivity index (χ4v) is 4.79. The summed E-state index contributed by atoms with van der Waals surface area (Å²) in [6.07, 6.45) is 5.30. The number of benzene rings is 1. The van der Waals surface area contributed by atoms with E-state index in [1.54, 1.807) is 19.3 Å². The Kier molecular flexibility index (Phi) is 6.52. The van der Waals surface area contributed by atoms with Crippen molar-refractivity contribution < 1.29 is 8.78 Å². The maximum Gasteiger partial charge on any atom is 0.127 e. The molecule has 1 aromatic carbocycles. The van der Waals surface area contributed by atoms with Crippen molar-refractivity contribution in [3.8, 4) is 0 Å². The van der Waals surface area contributed by atoms with E-state index in [0.29, 0.717) is 23.8 Å². The van der Waals surface area contributed by atoms with E-state index in [2.05, 4.69) is 28.7 Å². The number of amidine groups is 1. The summed E-state index contributed by atoms with van der Waals surface area (Å²) in [5.41, 5.74) is 6.28. The molecule has 2 unspecified atom stereocenters. The zero-order valence-corrected chi connectivity index (χ0v) is 17.5. The first-order chi connectivity index (χ1) is 13.8. The number of nitrogens with two attached hydrogens (primary N) is 1. The van der Waals surface area contributed by atoms with Crippen molar-refractivity contribution in [3.05, 3.63) is 59.9 Å². The zero-order valence-electron chi connectivity index (χ0n) is 16.7. The number of aromatic nitrogens is 1. The zero-order chi connectivity index (χ0) is 21.0. The molecule has 2 N–H and O–H groups in total. The Hall–Kier alpha value is -2.48. The molecule has 29 heavy (non-hydrogen) atoms. The van der Waals surface area contributed by atoms with Gasteiger partial charge in [0.2, 0.25) is 0 Å². The van der Waals surface area contributed by atoms with E-state index in [1.165, 1.54) is 23.9 Å². The summed E-state index contributed by atoms with van der Waals surface area (Å²) in [5, 5.41) is -0.208. The standard InChI is InChI=1S/C21H25F2N5S/c1-14(2)21(12-26-15(3)24)20(29-19-9-17(22)8-18(23)10-19)28(13-27-21)11-16-4-6-25-7-5-16/h4-10,13-14,20H,11-12H2,1-3H3,(H2,24,26). The molecule has 5 nitrogen and oxygen atoms in total. The van der Waals surface area contributed by atoms with E-state index in [4.69, 9.17) is 10.7 Å². The van der Waals surface area contributed by atoms with Crippen molar-refractivity contribution >= 4 is 23.9 Å². The highest BCUT2D eigenvalue weighted by Gasteiger charge is 2.48. The summed E-state index contributed by atoms with van der Waals surface area (Å²) < 4.78 is 27.6. The smallest absolute Gasteiger partial charge is 0.127 e. The van der Waals surface area contributed by atoms with Gasteiger partial charge in [-0.1, -0.05) is 25.6 Å². The Morgan fingerprint density at radius 2 is 1.90 bits per heavy atom. The second kappa shape index (κ2) is 8.90. The third-order valence-electron chi connectivity index (χ3n) is 4.96. The number of pyridine rings is 1. The average Bonchev–Trinajstić information content (AvgIpc) is 2.99. The molecule has 0 fully saturated rings. The molecule has 0 spiro atoms. The van der Waals surface area contributed by atoms with Crippen LogP contribution >= 0.6 is 11.8 Å². The number of halogens is 2. The number of hydrogen-bond donors (Lipinski definition) is 1. The number of thioether (sulfide) groups is 1. The van der Waals surface area contributed by atoms with Crippen LogP contribution in [-0.4, -0.2) is 39.5 Å². The minimum atomic E-state index is -0.599. The van der Waals surface area contributed by atoms with Gasteiger partial charge < -0.3 is 10.6 Å². The van der Waals surface area contributed by atoms with E-state index in [1.807, 2.05) is 18.5 Å². The number of rotatable bonds is 7. The van der Waals surface area contributed by atoms with Gasteiger partial charge in [0, 0.05) is 29.9 Å². The first kappa shape index (κ1) is 21.2. The first-order valence-electron chi connectivity index (χ1n) is 9.39. The van der Waals surface area contributed by atoms with Crippen LogP contribution in [0.15, 0.2) is 57.6 Å². The fraction of sp³-hybridized carbons (Fsp3) is 0.381. The second-order valence-corrected chi connectivity index (χ2v) is 8.60. The van der Waals surface area contributed by atoms with E-state index < -0.39 is 17.2 Å². The van der Waals surface area contributed by atoms with Crippen molar-refractivity contribution in [1.82, 2.24) is 9.88 Å². The highest BCUT2D eigenvalue weighted by Crippen LogP contribution is 2.43. The lowest BCUT2D eigenvalue weighted by molar-refractivity contribution is 0.249. The molecule has 1 aliphatic rings. The summed E-state index contributed by atoms with van der Waals surface area (Å²) in [5.74, 6) is -0.593. The summed E-state index contributed by atoms with van der Waals surface area (Å²) >= 11 is 1.39. The van der Waals surface area contributed by atoms with Gasteiger partial charge in [-0.3, -0.25) is 15.0 Å². The van der Waals surface area contributed by atoms with Gasteiger partial charge in [0.05, 0.1) is 18.7 Å². The third-order valence-corrected chi connectivity index (χ3v) is 6.37. The second-order valence-electron chi connectivity index (χ2n) is 7.45. The number of nitrogens with zero attached hydrogens (tertiary/aromatic N) is 4. The van der Waals surface area contributed by atoms with Gasteiger partial charge >= 0.3 is 0 Å². The number of hydrogen-bond acceptors (Lipinski definition) is 5. The van der Waals surface area contributed by atoms with Crippen LogP contribution in [-0.2, 0) is 6.54 Å². The van der Waals surface area contributed by atoms with Gasteiger partial charge in [0.1, 0.15) is 22.5 Å². The maximum absolute atomic E-state index is 13.8. The van der Waals surface area contributed by atoms with Gasteiger partial charge in [-0.2, -0.15) is 0 Å². The topological polar surface area (TPSA) is 66.9 Å². The molecular weight excluding hydrogens is 392 g/mol. The van der Waals surface area contributed by atoms with E-state index >= 15 is 0 Å². The molecule has 2 heterocycles. The van der Waals surface area contributed by atoms with Gasteiger partial charge in [-0.15, -0.1) is 0 Å². The molecule has 0 amide bonds. The predicted molar refractivity (Wildman–Crippen MR) is 114 cm³/mol. The largest absolute Gasteiger partial charge is 0.388 e. The summed E-state index contributed by atoms with van der Waals surface area (Å²) in [4.78, 5) is 16.0. The molecule has 0 saturated heterocycles. The van der Waals surface area contributed by atoms with Crippen molar-refractivity contribution in [2.24, 2.45) is 21.6 Å². The highest BCUT2D eigenvalue weighted by atomic mass is 32.2. The molecule has 0 saturated carbocycles. The number of aliphatic imine (C=N–C) groups is 2. The van der Waals surface area contributed by atoms with Crippen LogP contribution in [0.5, 0.6) is 0 Å². The molecular formula is C21H25F2N5S. The SMILES string of the molecule is CC(N)=NCC1(C(C)C)N=CN(Cc2ccncc2)C1Sc1cc(F)cc(F)c1. The molecule has 1 aromatic heterocycles. The molecule has 3 rings (SSSR count). The lowest BCUT2D eigenvalue weighted by Gasteiger charge is -2.39. The summed E-state index contributed by atoms with van der Waals surface area (Å²) in [7, 11) is 0. The molecule has 0 bridgehead atoms. The minimum absolute atomic E-state index is 0.125. The normalized spacial score (nSPS) is 21.9. The lowest BCUT2D eigenvalue weighted by Crippen LogP contribution is -2.49. The molecule has 8 heteroatoms. The monoisotopic (exact) mass is 417 g/mol. The van der Waals surface area contributed by atoms with E-state index in [0.717, 1.165) is 11.6 Å². The van der Waals surface area contributed by atoms with Crippen molar-refractivity contribution in [2.45, 2.75) is 43.1 Å². The molecule has 2 atom stereocenters. The van der Waals surface area contributed by atoms with Crippen LogP contribution in [0.2, 0.25) is 0 Å². The first-order valence-corrected chi connectivity index (χ1v) is 10.3. The lowest BCUT2D eigenvalue weighted by atomic mass is 9.87. The summed E-state index contributed by atoms with van der Waals surface area (Å²) in [6.45, 7) is 6.89.